The highest BCUT2D eigenvalue weighted by Gasteiger charge is 2.27. The van der Waals surface area contributed by atoms with Crippen LogP contribution in [0.15, 0.2) is 26.8 Å². The fraction of sp³-hybridized carbons (Fsp3) is 0.316. The Bertz CT molecular complexity index is 952. The van der Waals surface area contributed by atoms with E-state index in [1.54, 1.807) is 19.1 Å². The van der Waals surface area contributed by atoms with Crippen LogP contribution in [0.1, 0.15) is 46.3 Å². The van der Waals surface area contributed by atoms with Gasteiger partial charge in [0.1, 0.15) is 22.4 Å². The number of ether oxygens (including phenoxy) is 1. The number of nitrogens with zero attached hydrogens (tertiary/aromatic N) is 1. The van der Waals surface area contributed by atoms with E-state index in [1.165, 1.54) is 17.4 Å². The molecule has 2 heterocycles. The molecule has 1 N–H and O–H groups in total. The third-order valence-electron chi connectivity index (χ3n) is 4.12. The second-order valence-corrected chi connectivity index (χ2v) is 7.79. The molecule has 2 aromatic rings. The molecule has 0 aromatic carbocycles. The van der Waals surface area contributed by atoms with E-state index in [0.29, 0.717) is 21.0 Å². The van der Waals surface area contributed by atoms with Gasteiger partial charge in [-0.2, -0.15) is 5.26 Å². The summed E-state index contributed by atoms with van der Waals surface area (Å²) in [5.74, 6) is -0.650. The molecular formula is C19H17BrN2O4S. The number of fused-ring (bicyclic) bond motifs is 1. The summed E-state index contributed by atoms with van der Waals surface area (Å²) in [5, 5.41) is 12.5. The first-order chi connectivity index (χ1) is 13.0. The predicted octanol–water partition coefficient (Wildman–Crippen LogP) is 4.70. The molecule has 140 valence electrons. The summed E-state index contributed by atoms with van der Waals surface area (Å²) in [6.45, 7) is 2.00. The van der Waals surface area contributed by atoms with Crippen LogP contribution in [0.2, 0.25) is 0 Å². The van der Waals surface area contributed by atoms with Crippen molar-refractivity contribution in [1.82, 2.24) is 0 Å². The number of nitrogens with one attached hydrogen (secondary N) is 1. The number of furan rings is 1. The number of nitriles is 1. The Kier molecular flexibility index (Phi) is 6.14. The minimum atomic E-state index is -0.589. The number of halogens is 1. The summed E-state index contributed by atoms with van der Waals surface area (Å²) in [6, 6.07) is 5.19. The molecule has 8 heteroatoms. The number of esters is 1. The Morgan fingerprint density at radius 1 is 1.41 bits per heavy atom. The van der Waals surface area contributed by atoms with Gasteiger partial charge in [0.05, 0.1) is 12.2 Å². The average Bonchev–Trinajstić information content (AvgIpc) is 3.22. The van der Waals surface area contributed by atoms with E-state index < -0.39 is 11.9 Å². The molecule has 0 aliphatic heterocycles. The van der Waals surface area contributed by atoms with E-state index in [0.717, 1.165) is 36.1 Å². The van der Waals surface area contributed by atoms with E-state index in [1.807, 2.05) is 6.07 Å². The summed E-state index contributed by atoms with van der Waals surface area (Å²) in [6.07, 6.45) is 5.08. The molecule has 1 amide bonds. The molecule has 1 aliphatic carbocycles. The molecule has 6 nitrogen and oxygen atoms in total. The molecule has 0 bridgehead atoms. The Morgan fingerprint density at radius 2 is 2.19 bits per heavy atom. The Balaban J connectivity index is 1.91. The number of carbonyl (C=O) groups is 2. The minimum absolute atomic E-state index is 0.113. The van der Waals surface area contributed by atoms with Crippen molar-refractivity contribution in [2.45, 2.75) is 32.6 Å². The highest BCUT2D eigenvalue weighted by Crippen LogP contribution is 2.38. The summed E-state index contributed by atoms with van der Waals surface area (Å²) in [7, 11) is 0. The third-order valence-corrected chi connectivity index (χ3v) is 5.76. The van der Waals surface area contributed by atoms with Crippen LogP contribution in [0, 0.1) is 11.3 Å². The average molecular weight is 449 g/mol. The van der Waals surface area contributed by atoms with Crippen molar-refractivity contribution in [3.05, 3.63) is 44.1 Å². The molecule has 27 heavy (non-hydrogen) atoms. The normalized spacial score (nSPS) is 13.6. The van der Waals surface area contributed by atoms with Crippen molar-refractivity contribution >= 4 is 50.2 Å². The van der Waals surface area contributed by atoms with E-state index >= 15 is 0 Å². The van der Waals surface area contributed by atoms with Gasteiger partial charge >= 0.3 is 5.97 Å². The zero-order valence-corrected chi connectivity index (χ0v) is 17.0. The zero-order valence-electron chi connectivity index (χ0n) is 14.6. The Hall–Kier alpha value is -2.37. The lowest BCUT2D eigenvalue weighted by Crippen LogP contribution is -2.16. The maximum Gasteiger partial charge on any atom is 0.341 e. The van der Waals surface area contributed by atoms with Crippen molar-refractivity contribution in [2.75, 3.05) is 11.9 Å². The van der Waals surface area contributed by atoms with E-state index in [9.17, 15) is 14.9 Å². The monoisotopic (exact) mass is 448 g/mol. The van der Waals surface area contributed by atoms with Crippen molar-refractivity contribution < 1.29 is 18.7 Å². The molecule has 0 spiro atoms. The second kappa shape index (κ2) is 8.55. The first kappa shape index (κ1) is 19.4. The molecule has 0 saturated heterocycles. The van der Waals surface area contributed by atoms with Crippen LogP contribution in [-0.4, -0.2) is 18.5 Å². The molecule has 1 aliphatic rings. The number of carbonyl (C=O) groups excluding carboxylic acids is 2. The molecule has 2 aromatic heterocycles. The quantitative estimate of drug-likeness (QED) is 0.406. The molecule has 0 unspecified atom stereocenters. The van der Waals surface area contributed by atoms with Crippen LogP contribution < -0.4 is 5.32 Å². The standard InChI is InChI=1S/C19H17BrN2O4S/c1-2-25-19(24)16-13-5-3-4-6-14(13)27-18(16)22-17(23)11(10-21)9-12-7-8-15(20)26-12/h7-9H,2-6H2,1H3,(H,22,23). The number of rotatable bonds is 5. The summed E-state index contributed by atoms with van der Waals surface area (Å²) in [5.41, 5.74) is 1.26. The maximum atomic E-state index is 12.6. The van der Waals surface area contributed by atoms with Gasteiger partial charge in [0.15, 0.2) is 4.67 Å². The topological polar surface area (TPSA) is 92.3 Å². The van der Waals surface area contributed by atoms with Crippen LogP contribution in [0.25, 0.3) is 6.08 Å². The van der Waals surface area contributed by atoms with Gasteiger partial charge in [0, 0.05) is 11.0 Å². The smallest absolute Gasteiger partial charge is 0.341 e. The molecule has 0 fully saturated rings. The molecule has 0 radical (unpaired) electrons. The largest absolute Gasteiger partial charge is 0.462 e. The second-order valence-electron chi connectivity index (χ2n) is 5.90. The number of thiophene rings is 1. The van der Waals surface area contributed by atoms with E-state index in [4.69, 9.17) is 9.15 Å². The van der Waals surface area contributed by atoms with Crippen LogP contribution in [0.3, 0.4) is 0 Å². The fourth-order valence-corrected chi connectivity index (χ4v) is 4.53. The lowest BCUT2D eigenvalue weighted by atomic mass is 9.95. The van der Waals surface area contributed by atoms with Gasteiger partial charge in [-0.05, 0) is 66.2 Å². The maximum absolute atomic E-state index is 12.6. The lowest BCUT2D eigenvalue weighted by Gasteiger charge is -2.12. The minimum Gasteiger partial charge on any atom is -0.462 e. The van der Waals surface area contributed by atoms with Gasteiger partial charge in [0.25, 0.3) is 5.91 Å². The number of anilines is 1. The predicted molar refractivity (Wildman–Crippen MR) is 106 cm³/mol. The van der Waals surface area contributed by atoms with Crippen molar-refractivity contribution in [3.8, 4) is 6.07 Å². The summed E-state index contributed by atoms with van der Waals surface area (Å²) in [4.78, 5) is 26.1. The van der Waals surface area contributed by atoms with Gasteiger partial charge in [-0.25, -0.2) is 4.79 Å². The van der Waals surface area contributed by atoms with Crippen LogP contribution >= 0.6 is 27.3 Å². The van der Waals surface area contributed by atoms with E-state index in [2.05, 4.69) is 21.2 Å². The van der Waals surface area contributed by atoms with Gasteiger partial charge in [0.2, 0.25) is 0 Å². The summed E-state index contributed by atoms with van der Waals surface area (Å²) < 4.78 is 11.0. The molecular weight excluding hydrogens is 432 g/mol. The van der Waals surface area contributed by atoms with Gasteiger partial charge in [-0.1, -0.05) is 0 Å². The van der Waals surface area contributed by atoms with Crippen molar-refractivity contribution in [3.63, 3.8) is 0 Å². The fourth-order valence-electron chi connectivity index (χ4n) is 2.94. The van der Waals surface area contributed by atoms with Gasteiger partial charge in [-0.3, -0.25) is 4.79 Å². The Morgan fingerprint density at radius 3 is 2.85 bits per heavy atom. The first-order valence-corrected chi connectivity index (χ1v) is 10.1. The van der Waals surface area contributed by atoms with Crippen molar-refractivity contribution in [1.29, 1.82) is 5.26 Å². The molecule has 3 rings (SSSR count). The van der Waals surface area contributed by atoms with E-state index in [-0.39, 0.29) is 12.2 Å². The van der Waals surface area contributed by atoms with Gasteiger partial charge in [-0.15, -0.1) is 11.3 Å². The number of hydrogen-bond donors (Lipinski definition) is 1. The SMILES string of the molecule is CCOC(=O)c1c(NC(=O)C(C#N)=Cc2ccc(Br)o2)sc2c1CCCC2. The molecule has 0 atom stereocenters. The van der Waals surface area contributed by atoms with Crippen LogP contribution in [0.4, 0.5) is 5.00 Å². The highest BCUT2D eigenvalue weighted by molar-refractivity contribution is 9.10. The number of hydrogen-bond acceptors (Lipinski definition) is 6. The Labute approximate surface area is 168 Å². The van der Waals surface area contributed by atoms with Crippen LogP contribution in [-0.2, 0) is 22.4 Å². The lowest BCUT2D eigenvalue weighted by molar-refractivity contribution is -0.112. The zero-order chi connectivity index (χ0) is 19.4. The first-order valence-electron chi connectivity index (χ1n) is 8.53. The van der Waals surface area contributed by atoms with Crippen molar-refractivity contribution in [2.24, 2.45) is 0 Å². The number of amides is 1. The highest BCUT2D eigenvalue weighted by atomic mass is 79.9. The summed E-state index contributed by atoms with van der Waals surface area (Å²) >= 11 is 4.56. The number of aryl methyl sites for hydroxylation is 1. The van der Waals surface area contributed by atoms with Gasteiger partial charge < -0.3 is 14.5 Å². The molecule has 0 saturated carbocycles. The third kappa shape index (κ3) is 4.31. The van der Waals surface area contributed by atoms with Crippen LogP contribution in [0.5, 0.6) is 0 Å².